The predicted octanol–water partition coefficient (Wildman–Crippen LogP) is 1.94. The summed E-state index contributed by atoms with van der Waals surface area (Å²) in [5, 5.41) is 15.2. The van der Waals surface area contributed by atoms with Crippen LogP contribution in [-0.4, -0.2) is 29.5 Å². The van der Waals surface area contributed by atoms with Crippen molar-refractivity contribution in [1.82, 2.24) is 10.6 Å². The molecule has 0 heterocycles. The van der Waals surface area contributed by atoms with Crippen LogP contribution in [-0.2, 0) is 4.79 Å². The summed E-state index contributed by atoms with van der Waals surface area (Å²) in [7, 11) is 0. The van der Waals surface area contributed by atoms with E-state index in [1.54, 1.807) is 6.92 Å². The van der Waals surface area contributed by atoms with Gasteiger partial charge in [-0.2, -0.15) is 0 Å². The molecule has 0 saturated carbocycles. The normalized spacial score (nSPS) is 12.1. The number of phenolic OH excluding ortho intramolecular Hbond substituents is 1. The summed E-state index contributed by atoms with van der Waals surface area (Å²) in [6.07, 6.45) is 0. The lowest BCUT2D eigenvalue weighted by Crippen LogP contribution is -2.45. The van der Waals surface area contributed by atoms with Crippen molar-refractivity contribution in [2.75, 3.05) is 6.54 Å². The van der Waals surface area contributed by atoms with E-state index >= 15 is 0 Å². The number of carbonyl (C=O) groups is 2. The monoisotopic (exact) mass is 298 g/mol. The van der Waals surface area contributed by atoms with Crippen molar-refractivity contribution in [3.8, 4) is 5.75 Å². The highest BCUT2D eigenvalue weighted by molar-refractivity contribution is 6.31. The first-order valence-electron chi connectivity index (χ1n) is 6.38. The first-order chi connectivity index (χ1) is 9.31. The fourth-order valence-electron chi connectivity index (χ4n) is 1.49. The van der Waals surface area contributed by atoms with Crippen molar-refractivity contribution < 1.29 is 14.7 Å². The minimum absolute atomic E-state index is 0.0426. The van der Waals surface area contributed by atoms with E-state index in [4.69, 9.17) is 11.6 Å². The molecular weight excluding hydrogens is 280 g/mol. The van der Waals surface area contributed by atoms with Crippen LogP contribution in [0.15, 0.2) is 18.2 Å². The number of hydrogen-bond acceptors (Lipinski definition) is 3. The Balaban J connectivity index is 2.65. The Morgan fingerprint density at radius 3 is 2.55 bits per heavy atom. The van der Waals surface area contributed by atoms with Gasteiger partial charge in [-0.25, -0.2) is 0 Å². The van der Waals surface area contributed by atoms with Gasteiger partial charge in [0.25, 0.3) is 5.91 Å². The minimum Gasteiger partial charge on any atom is -0.507 e. The molecular formula is C14H19ClN2O3. The number of phenols is 1. The summed E-state index contributed by atoms with van der Waals surface area (Å²) in [5.74, 6) is -0.661. The summed E-state index contributed by atoms with van der Waals surface area (Å²) in [6.45, 7) is 6.08. The predicted molar refractivity (Wildman–Crippen MR) is 77.9 cm³/mol. The van der Waals surface area contributed by atoms with Gasteiger partial charge in [0.1, 0.15) is 11.8 Å². The molecule has 20 heavy (non-hydrogen) atoms. The van der Waals surface area contributed by atoms with Crippen LogP contribution >= 0.6 is 11.6 Å². The molecule has 0 aromatic heterocycles. The van der Waals surface area contributed by atoms with E-state index in [0.29, 0.717) is 17.5 Å². The Morgan fingerprint density at radius 2 is 1.95 bits per heavy atom. The quantitative estimate of drug-likeness (QED) is 0.777. The lowest BCUT2D eigenvalue weighted by Gasteiger charge is -2.15. The number of rotatable bonds is 5. The molecule has 1 unspecified atom stereocenters. The second-order valence-electron chi connectivity index (χ2n) is 5.00. The van der Waals surface area contributed by atoms with Crippen molar-refractivity contribution >= 4 is 23.4 Å². The van der Waals surface area contributed by atoms with E-state index in [1.807, 2.05) is 13.8 Å². The largest absolute Gasteiger partial charge is 0.507 e. The van der Waals surface area contributed by atoms with Crippen LogP contribution in [0.4, 0.5) is 0 Å². The van der Waals surface area contributed by atoms with E-state index in [-0.39, 0.29) is 17.2 Å². The highest BCUT2D eigenvalue weighted by Crippen LogP contribution is 2.21. The maximum Gasteiger partial charge on any atom is 0.255 e. The van der Waals surface area contributed by atoms with Gasteiger partial charge in [0.15, 0.2) is 0 Å². The molecule has 3 N–H and O–H groups in total. The van der Waals surface area contributed by atoms with Gasteiger partial charge in [0, 0.05) is 11.6 Å². The zero-order valence-electron chi connectivity index (χ0n) is 11.7. The minimum atomic E-state index is -0.695. The zero-order valence-corrected chi connectivity index (χ0v) is 12.5. The molecule has 110 valence electrons. The number of halogens is 1. The number of benzene rings is 1. The highest BCUT2D eigenvalue weighted by Gasteiger charge is 2.18. The average Bonchev–Trinajstić information content (AvgIpc) is 2.38. The molecule has 0 radical (unpaired) electrons. The standard InChI is InChI=1S/C14H19ClN2O3/c1-8(2)7-16-13(19)9(3)17-14(20)11-6-10(15)4-5-12(11)18/h4-6,8-9,18H,7H2,1-3H3,(H,16,19)(H,17,20). The molecule has 5 nitrogen and oxygen atoms in total. The van der Waals surface area contributed by atoms with Gasteiger partial charge >= 0.3 is 0 Å². The van der Waals surface area contributed by atoms with Crippen molar-refractivity contribution in [3.05, 3.63) is 28.8 Å². The third-order valence-corrected chi connectivity index (χ3v) is 2.86. The van der Waals surface area contributed by atoms with Gasteiger partial charge in [0.2, 0.25) is 5.91 Å². The first kappa shape index (κ1) is 16.3. The fourth-order valence-corrected chi connectivity index (χ4v) is 1.66. The number of carbonyl (C=O) groups excluding carboxylic acids is 2. The first-order valence-corrected chi connectivity index (χ1v) is 6.76. The molecule has 1 aromatic rings. The van der Waals surface area contributed by atoms with E-state index in [2.05, 4.69) is 10.6 Å². The Bertz CT molecular complexity index is 503. The summed E-state index contributed by atoms with van der Waals surface area (Å²) >= 11 is 5.77. The van der Waals surface area contributed by atoms with Crippen LogP contribution in [0.25, 0.3) is 0 Å². The van der Waals surface area contributed by atoms with Crippen molar-refractivity contribution in [3.63, 3.8) is 0 Å². The Kier molecular flexibility index (Phi) is 5.82. The maximum absolute atomic E-state index is 12.0. The van der Waals surface area contributed by atoms with Gasteiger partial charge < -0.3 is 15.7 Å². The lowest BCUT2D eigenvalue weighted by molar-refractivity contribution is -0.122. The van der Waals surface area contributed by atoms with Gasteiger partial charge in [-0.1, -0.05) is 25.4 Å². The molecule has 0 aliphatic rings. The van der Waals surface area contributed by atoms with Gasteiger partial charge in [-0.3, -0.25) is 9.59 Å². The van der Waals surface area contributed by atoms with Crippen molar-refractivity contribution in [2.45, 2.75) is 26.8 Å². The molecule has 1 aromatic carbocycles. The summed E-state index contributed by atoms with van der Waals surface area (Å²) in [4.78, 5) is 23.7. The summed E-state index contributed by atoms with van der Waals surface area (Å²) in [5.41, 5.74) is 0.0426. The topological polar surface area (TPSA) is 78.4 Å². The van der Waals surface area contributed by atoms with Crippen molar-refractivity contribution in [1.29, 1.82) is 0 Å². The van der Waals surface area contributed by atoms with Crippen molar-refractivity contribution in [2.24, 2.45) is 5.92 Å². The number of aromatic hydroxyl groups is 1. The van der Waals surface area contributed by atoms with Crippen LogP contribution in [0, 0.1) is 5.92 Å². The number of amides is 2. The maximum atomic E-state index is 12.0. The van der Waals surface area contributed by atoms with E-state index < -0.39 is 11.9 Å². The average molecular weight is 299 g/mol. The molecule has 0 bridgehead atoms. The van der Waals surface area contributed by atoms with E-state index in [1.165, 1.54) is 18.2 Å². The summed E-state index contributed by atoms with van der Waals surface area (Å²) < 4.78 is 0. The second kappa shape index (κ2) is 7.14. The molecule has 0 aliphatic carbocycles. The zero-order chi connectivity index (χ0) is 15.3. The molecule has 1 atom stereocenters. The Labute approximate surface area is 123 Å². The molecule has 2 amide bonds. The molecule has 0 spiro atoms. The van der Waals surface area contributed by atoms with Crippen LogP contribution in [0.2, 0.25) is 5.02 Å². The number of hydrogen-bond donors (Lipinski definition) is 3. The SMILES string of the molecule is CC(C)CNC(=O)C(C)NC(=O)c1cc(Cl)ccc1O. The van der Waals surface area contributed by atoms with Gasteiger partial charge in [-0.05, 0) is 31.0 Å². The van der Waals surface area contributed by atoms with E-state index in [0.717, 1.165) is 0 Å². The second-order valence-corrected chi connectivity index (χ2v) is 5.43. The highest BCUT2D eigenvalue weighted by atomic mass is 35.5. The van der Waals surface area contributed by atoms with Crippen LogP contribution in [0.5, 0.6) is 5.75 Å². The third kappa shape index (κ3) is 4.74. The lowest BCUT2D eigenvalue weighted by atomic mass is 10.1. The van der Waals surface area contributed by atoms with Gasteiger partial charge in [-0.15, -0.1) is 0 Å². The molecule has 1 rings (SSSR count). The van der Waals surface area contributed by atoms with Gasteiger partial charge in [0.05, 0.1) is 5.56 Å². The Morgan fingerprint density at radius 1 is 1.30 bits per heavy atom. The number of nitrogens with one attached hydrogen (secondary N) is 2. The van der Waals surface area contributed by atoms with Crippen LogP contribution < -0.4 is 10.6 Å². The fraction of sp³-hybridized carbons (Fsp3) is 0.429. The smallest absolute Gasteiger partial charge is 0.255 e. The molecule has 6 heteroatoms. The van der Waals surface area contributed by atoms with E-state index in [9.17, 15) is 14.7 Å². The molecule has 0 fully saturated rings. The Hall–Kier alpha value is -1.75. The van der Waals surface area contributed by atoms with Crippen LogP contribution in [0.3, 0.4) is 0 Å². The molecule has 0 saturated heterocycles. The molecule has 0 aliphatic heterocycles. The summed E-state index contributed by atoms with van der Waals surface area (Å²) in [6, 6.07) is 3.47. The third-order valence-electron chi connectivity index (χ3n) is 2.63. The van der Waals surface area contributed by atoms with Crippen LogP contribution in [0.1, 0.15) is 31.1 Å².